The lowest BCUT2D eigenvalue weighted by Crippen LogP contribution is -2.43. The molecule has 0 saturated carbocycles. The van der Waals surface area contributed by atoms with Gasteiger partial charge in [-0.1, -0.05) is 11.6 Å². The zero-order valence-electron chi connectivity index (χ0n) is 16.8. The zero-order valence-corrected chi connectivity index (χ0v) is 17.6. The number of esters is 1. The SMILES string of the molecule is COc1ccc(C(=O)c2ccc(Cl)nc2)c(OC(C)(C)C(=O)OC(C)(C)C)c1. The summed E-state index contributed by atoms with van der Waals surface area (Å²) in [4.78, 5) is 29.4. The van der Waals surface area contributed by atoms with E-state index in [1.54, 1.807) is 58.9 Å². The third kappa shape index (κ3) is 5.45. The van der Waals surface area contributed by atoms with E-state index in [2.05, 4.69) is 4.98 Å². The molecular formula is C21H24ClNO5. The molecule has 2 rings (SSSR count). The summed E-state index contributed by atoms with van der Waals surface area (Å²) in [6.07, 6.45) is 1.39. The molecule has 1 heterocycles. The van der Waals surface area contributed by atoms with Gasteiger partial charge in [-0.2, -0.15) is 0 Å². The first kappa shape index (κ1) is 21.7. The van der Waals surface area contributed by atoms with Gasteiger partial charge < -0.3 is 14.2 Å². The van der Waals surface area contributed by atoms with E-state index in [0.717, 1.165) is 0 Å². The van der Waals surface area contributed by atoms with Crippen molar-refractivity contribution in [2.24, 2.45) is 0 Å². The Labute approximate surface area is 169 Å². The average molecular weight is 406 g/mol. The maximum Gasteiger partial charge on any atom is 0.350 e. The lowest BCUT2D eigenvalue weighted by atomic mass is 10.0. The van der Waals surface area contributed by atoms with E-state index in [1.165, 1.54) is 19.4 Å². The van der Waals surface area contributed by atoms with Gasteiger partial charge in [0.1, 0.15) is 22.3 Å². The van der Waals surface area contributed by atoms with Crippen molar-refractivity contribution in [1.29, 1.82) is 0 Å². The lowest BCUT2D eigenvalue weighted by Gasteiger charge is -2.29. The molecule has 0 bridgehead atoms. The second kappa shape index (κ2) is 8.19. The fourth-order valence-corrected chi connectivity index (χ4v) is 2.40. The number of halogens is 1. The van der Waals surface area contributed by atoms with Crippen molar-refractivity contribution in [1.82, 2.24) is 4.98 Å². The number of ether oxygens (including phenoxy) is 3. The first-order valence-electron chi connectivity index (χ1n) is 8.70. The minimum atomic E-state index is -1.33. The number of benzene rings is 1. The van der Waals surface area contributed by atoms with Gasteiger partial charge in [-0.3, -0.25) is 4.79 Å². The minimum absolute atomic E-state index is 0.204. The number of methoxy groups -OCH3 is 1. The van der Waals surface area contributed by atoms with Crippen molar-refractivity contribution in [3.05, 3.63) is 52.8 Å². The van der Waals surface area contributed by atoms with Crippen molar-refractivity contribution in [2.75, 3.05) is 7.11 Å². The maximum absolute atomic E-state index is 12.9. The number of pyridine rings is 1. The Balaban J connectivity index is 2.40. The van der Waals surface area contributed by atoms with Crippen LogP contribution in [0, 0.1) is 0 Å². The molecule has 2 aromatic rings. The van der Waals surface area contributed by atoms with Crippen molar-refractivity contribution < 1.29 is 23.8 Å². The molecule has 1 aromatic heterocycles. The highest BCUT2D eigenvalue weighted by molar-refractivity contribution is 6.29. The van der Waals surface area contributed by atoms with Crippen molar-refractivity contribution in [3.63, 3.8) is 0 Å². The van der Waals surface area contributed by atoms with E-state index in [9.17, 15) is 9.59 Å². The lowest BCUT2D eigenvalue weighted by molar-refractivity contribution is -0.170. The van der Waals surface area contributed by atoms with Crippen LogP contribution in [0.4, 0.5) is 0 Å². The Hall–Kier alpha value is -2.60. The summed E-state index contributed by atoms with van der Waals surface area (Å²) < 4.78 is 16.6. The molecule has 7 heteroatoms. The molecule has 6 nitrogen and oxygen atoms in total. The molecule has 28 heavy (non-hydrogen) atoms. The minimum Gasteiger partial charge on any atom is -0.497 e. The van der Waals surface area contributed by atoms with Crippen LogP contribution in [0.1, 0.15) is 50.5 Å². The molecule has 0 spiro atoms. The van der Waals surface area contributed by atoms with Gasteiger partial charge in [0, 0.05) is 17.8 Å². The summed E-state index contributed by atoms with van der Waals surface area (Å²) in [5.74, 6) is -0.174. The number of rotatable bonds is 6. The molecule has 0 N–H and O–H groups in total. The Morgan fingerprint density at radius 3 is 2.25 bits per heavy atom. The van der Waals surface area contributed by atoms with Crippen LogP contribution in [0.5, 0.6) is 11.5 Å². The van der Waals surface area contributed by atoms with Gasteiger partial charge in [-0.05, 0) is 58.9 Å². The highest BCUT2D eigenvalue weighted by Gasteiger charge is 2.36. The molecule has 0 amide bonds. The summed E-state index contributed by atoms with van der Waals surface area (Å²) in [7, 11) is 1.50. The quantitative estimate of drug-likeness (QED) is 0.401. The summed E-state index contributed by atoms with van der Waals surface area (Å²) >= 11 is 5.79. The van der Waals surface area contributed by atoms with Gasteiger partial charge in [0.15, 0.2) is 11.4 Å². The number of hydrogen-bond acceptors (Lipinski definition) is 6. The predicted octanol–water partition coefficient (Wildman–Crippen LogP) is 4.47. The third-order valence-electron chi connectivity index (χ3n) is 3.68. The molecule has 0 aliphatic carbocycles. The van der Waals surface area contributed by atoms with Crippen LogP contribution in [0.25, 0.3) is 0 Å². The first-order valence-corrected chi connectivity index (χ1v) is 9.07. The van der Waals surface area contributed by atoms with E-state index < -0.39 is 17.2 Å². The van der Waals surface area contributed by atoms with Gasteiger partial charge in [0.05, 0.1) is 12.7 Å². The monoisotopic (exact) mass is 405 g/mol. The van der Waals surface area contributed by atoms with Crippen LogP contribution in [0.3, 0.4) is 0 Å². The summed E-state index contributed by atoms with van der Waals surface area (Å²) in [6.45, 7) is 8.48. The molecule has 0 radical (unpaired) electrons. The van der Waals surface area contributed by atoms with Crippen LogP contribution < -0.4 is 9.47 Å². The van der Waals surface area contributed by atoms with E-state index in [0.29, 0.717) is 11.3 Å². The Morgan fingerprint density at radius 1 is 1.04 bits per heavy atom. The number of nitrogens with zero attached hydrogens (tertiary/aromatic N) is 1. The molecule has 0 unspecified atom stereocenters. The maximum atomic E-state index is 12.9. The molecule has 0 aliphatic rings. The smallest absolute Gasteiger partial charge is 0.350 e. The van der Waals surface area contributed by atoms with Crippen LogP contribution in [0.15, 0.2) is 36.5 Å². The van der Waals surface area contributed by atoms with Gasteiger partial charge in [-0.15, -0.1) is 0 Å². The summed E-state index contributed by atoms with van der Waals surface area (Å²) in [6, 6.07) is 7.89. The Kier molecular flexibility index (Phi) is 6.34. The Bertz CT molecular complexity index is 869. The van der Waals surface area contributed by atoms with E-state index >= 15 is 0 Å². The first-order chi connectivity index (χ1) is 12.9. The predicted molar refractivity (Wildman–Crippen MR) is 106 cm³/mol. The fraction of sp³-hybridized carbons (Fsp3) is 0.381. The third-order valence-corrected chi connectivity index (χ3v) is 3.90. The summed E-state index contributed by atoms with van der Waals surface area (Å²) in [5, 5.41) is 0.286. The summed E-state index contributed by atoms with van der Waals surface area (Å²) in [5.41, 5.74) is -1.39. The molecule has 0 saturated heterocycles. The second-order valence-corrected chi connectivity index (χ2v) is 8.06. The number of ketones is 1. The number of hydrogen-bond donors (Lipinski definition) is 0. The number of carbonyl (C=O) groups excluding carboxylic acids is 2. The molecule has 0 aliphatic heterocycles. The number of aromatic nitrogens is 1. The van der Waals surface area contributed by atoms with Gasteiger partial charge in [0.2, 0.25) is 0 Å². The molecule has 0 fully saturated rings. The van der Waals surface area contributed by atoms with Gasteiger partial charge in [0.25, 0.3) is 0 Å². The average Bonchev–Trinajstić information content (AvgIpc) is 2.60. The van der Waals surface area contributed by atoms with E-state index in [4.69, 9.17) is 25.8 Å². The molecular weight excluding hydrogens is 382 g/mol. The number of carbonyl (C=O) groups is 2. The Morgan fingerprint density at radius 2 is 1.71 bits per heavy atom. The molecule has 150 valence electrons. The van der Waals surface area contributed by atoms with Crippen molar-refractivity contribution in [3.8, 4) is 11.5 Å². The molecule has 0 atom stereocenters. The topological polar surface area (TPSA) is 74.7 Å². The van der Waals surface area contributed by atoms with Crippen molar-refractivity contribution in [2.45, 2.75) is 45.8 Å². The van der Waals surface area contributed by atoms with Crippen LogP contribution >= 0.6 is 11.6 Å². The highest BCUT2D eigenvalue weighted by Crippen LogP contribution is 2.31. The van der Waals surface area contributed by atoms with E-state index in [1.807, 2.05) is 0 Å². The zero-order chi connectivity index (χ0) is 21.1. The van der Waals surface area contributed by atoms with Crippen LogP contribution in [-0.2, 0) is 9.53 Å². The second-order valence-electron chi connectivity index (χ2n) is 7.68. The van der Waals surface area contributed by atoms with E-state index in [-0.39, 0.29) is 22.2 Å². The van der Waals surface area contributed by atoms with Gasteiger partial charge >= 0.3 is 5.97 Å². The molecule has 1 aromatic carbocycles. The standard InChI is InChI=1S/C21H24ClNO5/c1-20(2,3)28-19(25)21(4,5)27-16-11-14(26-6)8-9-15(16)18(24)13-7-10-17(22)23-12-13/h7-12H,1-6H3. The van der Waals surface area contributed by atoms with Crippen LogP contribution in [0.2, 0.25) is 5.15 Å². The normalized spacial score (nSPS) is 11.7. The van der Waals surface area contributed by atoms with Crippen LogP contribution in [-0.4, -0.2) is 35.0 Å². The van der Waals surface area contributed by atoms with Crippen molar-refractivity contribution >= 4 is 23.4 Å². The largest absolute Gasteiger partial charge is 0.497 e. The highest BCUT2D eigenvalue weighted by atomic mass is 35.5. The van der Waals surface area contributed by atoms with Gasteiger partial charge in [-0.25, -0.2) is 9.78 Å². The fourth-order valence-electron chi connectivity index (χ4n) is 2.28.